The minimum Gasteiger partial charge on any atom is -0.494 e. The van der Waals surface area contributed by atoms with Crippen LogP contribution in [0.5, 0.6) is 5.75 Å². The number of nitrogens with one attached hydrogen (secondary N) is 1. The molecule has 1 saturated carbocycles. The van der Waals surface area contributed by atoms with E-state index in [9.17, 15) is 4.79 Å². The molecule has 5 nitrogen and oxygen atoms in total. The number of halogens is 1. The summed E-state index contributed by atoms with van der Waals surface area (Å²) in [6.45, 7) is 6.80. The van der Waals surface area contributed by atoms with Crippen molar-refractivity contribution in [3.05, 3.63) is 53.8 Å². The first-order valence-corrected chi connectivity index (χ1v) is 13.3. The summed E-state index contributed by atoms with van der Waals surface area (Å²) in [5, 5.41) is 3.84. The van der Waals surface area contributed by atoms with Crippen LogP contribution in [0.3, 0.4) is 0 Å². The number of benzene rings is 2. The zero-order valence-corrected chi connectivity index (χ0v) is 21.4. The Bertz CT molecular complexity index is 980. The summed E-state index contributed by atoms with van der Waals surface area (Å²) >= 11 is 0. The zero-order valence-electron chi connectivity index (χ0n) is 21.4. The normalized spacial score (nSPS) is 22.3. The Morgan fingerprint density at radius 3 is 2.63 bits per heavy atom. The molecule has 1 aliphatic carbocycles. The van der Waals surface area contributed by atoms with Gasteiger partial charge in [0.05, 0.1) is 12.3 Å². The van der Waals surface area contributed by atoms with E-state index in [4.69, 9.17) is 4.74 Å². The molecule has 4 rings (SSSR count). The van der Waals surface area contributed by atoms with Crippen molar-refractivity contribution in [3.8, 4) is 5.75 Å². The van der Waals surface area contributed by atoms with E-state index < -0.39 is 0 Å². The van der Waals surface area contributed by atoms with Crippen molar-refractivity contribution in [1.29, 1.82) is 0 Å². The molecule has 0 aromatic heterocycles. The van der Waals surface area contributed by atoms with Crippen LogP contribution < -0.4 is 19.9 Å². The predicted octanol–water partition coefficient (Wildman–Crippen LogP) is 6.03. The number of unbranched alkanes of at least 4 members (excludes halogenated alkanes) is 1. The summed E-state index contributed by atoms with van der Waals surface area (Å²) in [7, 11) is 1.68. The van der Waals surface area contributed by atoms with E-state index in [1.165, 1.54) is 36.6 Å². The van der Waals surface area contributed by atoms with Gasteiger partial charge in [0.1, 0.15) is 11.6 Å². The molecule has 6 heteroatoms. The molecule has 3 atom stereocenters. The lowest BCUT2D eigenvalue weighted by Crippen LogP contribution is -2.44. The highest BCUT2D eigenvalue weighted by molar-refractivity contribution is 6.05. The number of nitrogens with zero attached hydrogens (tertiary/aromatic N) is 2. The maximum Gasteiger partial charge on any atom is 0.258 e. The van der Waals surface area contributed by atoms with E-state index in [0.717, 1.165) is 38.1 Å². The lowest BCUT2D eigenvalue weighted by molar-refractivity contribution is 0.0993. The first-order chi connectivity index (χ1) is 17.0. The molecule has 1 amide bonds. The van der Waals surface area contributed by atoms with Crippen LogP contribution in [0.1, 0.15) is 69.2 Å². The van der Waals surface area contributed by atoms with Gasteiger partial charge in [-0.15, -0.1) is 0 Å². The molecular weight excluding hydrogens is 441 g/mol. The highest BCUT2D eigenvalue weighted by Crippen LogP contribution is 2.30. The molecule has 1 saturated heterocycles. The van der Waals surface area contributed by atoms with Gasteiger partial charge in [0.25, 0.3) is 5.91 Å². The van der Waals surface area contributed by atoms with Gasteiger partial charge < -0.3 is 19.9 Å². The number of hydrogen-bond donors (Lipinski definition) is 1. The second-order valence-electron chi connectivity index (χ2n) is 10.2. The largest absolute Gasteiger partial charge is 0.494 e. The minimum absolute atomic E-state index is 0.177. The number of hydrogen-bond acceptors (Lipinski definition) is 4. The SMILES string of the molecule is CCCCOc1ccc(C(=O)N(C)c2ccc(N3CCC(NC4CCCCC4C)C3)c(F)c2)cc1. The topological polar surface area (TPSA) is 44.8 Å². The van der Waals surface area contributed by atoms with Crippen molar-refractivity contribution in [2.24, 2.45) is 5.92 Å². The molecule has 0 radical (unpaired) electrons. The fourth-order valence-electron chi connectivity index (χ4n) is 5.28. The van der Waals surface area contributed by atoms with Crippen molar-refractivity contribution < 1.29 is 13.9 Å². The fourth-order valence-corrected chi connectivity index (χ4v) is 5.28. The second-order valence-corrected chi connectivity index (χ2v) is 10.2. The van der Waals surface area contributed by atoms with Crippen LogP contribution in [0.4, 0.5) is 15.8 Å². The predicted molar refractivity (Wildman–Crippen MR) is 141 cm³/mol. The van der Waals surface area contributed by atoms with Gasteiger partial charge in [-0.3, -0.25) is 4.79 Å². The number of amides is 1. The van der Waals surface area contributed by atoms with Crippen LogP contribution in [0, 0.1) is 11.7 Å². The smallest absolute Gasteiger partial charge is 0.258 e. The molecule has 1 heterocycles. The summed E-state index contributed by atoms with van der Waals surface area (Å²) in [5.74, 6) is 1.01. The molecule has 2 aromatic carbocycles. The summed E-state index contributed by atoms with van der Waals surface area (Å²) < 4.78 is 20.8. The van der Waals surface area contributed by atoms with Crippen LogP contribution >= 0.6 is 0 Å². The van der Waals surface area contributed by atoms with Gasteiger partial charge in [0.2, 0.25) is 0 Å². The van der Waals surface area contributed by atoms with E-state index in [2.05, 4.69) is 24.1 Å². The van der Waals surface area contributed by atoms with Crippen LogP contribution in [0.2, 0.25) is 0 Å². The molecule has 1 aliphatic heterocycles. The molecule has 190 valence electrons. The van der Waals surface area contributed by atoms with Gasteiger partial charge in [-0.2, -0.15) is 0 Å². The lowest BCUT2D eigenvalue weighted by Gasteiger charge is -2.32. The first-order valence-electron chi connectivity index (χ1n) is 13.3. The van der Waals surface area contributed by atoms with E-state index in [1.807, 2.05) is 24.3 Å². The van der Waals surface area contributed by atoms with E-state index in [-0.39, 0.29) is 11.7 Å². The third-order valence-corrected chi connectivity index (χ3v) is 7.58. The third-order valence-electron chi connectivity index (χ3n) is 7.58. The second kappa shape index (κ2) is 11.9. The molecule has 35 heavy (non-hydrogen) atoms. The quantitative estimate of drug-likeness (QED) is 0.444. The Labute approximate surface area is 209 Å². The number of rotatable bonds is 9. The molecular formula is C29H40FN3O2. The van der Waals surface area contributed by atoms with Gasteiger partial charge in [-0.1, -0.05) is 33.1 Å². The van der Waals surface area contributed by atoms with Crippen LogP contribution in [-0.4, -0.2) is 44.7 Å². The van der Waals surface area contributed by atoms with E-state index in [1.54, 1.807) is 19.2 Å². The van der Waals surface area contributed by atoms with Gasteiger partial charge in [-0.05, 0) is 74.1 Å². The lowest BCUT2D eigenvalue weighted by atomic mass is 9.85. The van der Waals surface area contributed by atoms with Gasteiger partial charge in [0, 0.05) is 43.5 Å². The van der Waals surface area contributed by atoms with Crippen LogP contribution in [0.15, 0.2) is 42.5 Å². The number of ether oxygens (including phenoxy) is 1. The fraction of sp³-hybridized carbons (Fsp3) is 0.552. The zero-order chi connectivity index (χ0) is 24.8. The Balaban J connectivity index is 1.35. The average Bonchev–Trinajstić information content (AvgIpc) is 3.33. The number of carbonyl (C=O) groups is 1. The molecule has 0 bridgehead atoms. The summed E-state index contributed by atoms with van der Waals surface area (Å²) in [6, 6.07) is 13.2. The van der Waals surface area contributed by atoms with Crippen molar-refractivity contribution in [2.75, 3.05) is 36.5 Å². The van der Waals surface area contributed by atoms with Crippen LogP contribution in [0.25, 0.3) is 0 Å². The molecule has 1 N–H and O–H groups in total. The Hall–Kier alpha value is -2.60. The maximum atomic E-state index is 15.2. The number of anilines is 2. The first kappa shape index (κ1) is 25.5. The Kier molecular flexibility index (Phi) is 8.66. The minimum atomic E-state index is -0.284. The third kappa shape index (κ3) is 6.35. The molecule has 2 aromatic rings. The summed E-state index contributed by atoms with van der Waals surface area (Å²) in [5.41, 5.74) is 1.71. The molecule has 3 unspecified atom stereocenters. The summed E-state index contributed by atoms with van der Waals surface area (Å²) in [4.78, 5) is 16.6. The molecule has 2 aliphatic rings. The number of carbonyl (C=O) groups excluding carboxylic acids is 1. The van der Waals surface area contributed by atoms with Crippen LogP contribution in [-0.2, 0) is 0 Å². The molecule has 0 spiro atoms. The van der Waals surface area contributed by atoms with Gasteiger partial charge >= 0.3 is 0 Å². The van der Waals surface area contributed by atoms with Crippen molar-refractivity contribution in [3.63, 3.8) is 0 Å². The maximum absolute atomic E-state index is 15.2. The van der Waals surface area contributed by atoms with E-state index >= 15 is 4.39 Å². The molecule has 2 fully saturated rings. The highest BCUT2D eigenvalue weighted by atomic mass is 19.1. The average molecular weight is 482 g/mol. The monoisotopic (exact) mass is 481 g/mol. The van der Waals surface area contributed by atoms with Crippen molar-refractivity contribution in [1.82, 2.24) is 5.32 Å². The van der Waals surface area contributed by atoms with Gasteiger partial charge in [-0.25, -0.2) is 4.39 Å². The standard InChI is InChI=1S/C29H40FN3O2/c1-4-5-18-35-25-13-10-22(11-14-25)29(34)32(3)24-12-15-28(26(30)19-24)33-17-16-23(20-33)31-27-9-7-6-8-21(27)2/h10-15,19,21,23,27,31H,4-9,16-18,20H2,1-3H3. The van der Waals surface area contributed by atoms with Crippen molar-refractivity contribution >= 4 is 17.3 Å². The van der Waals surface area contributed by atoms with Crippen molar-refractivity contribution in [2.45, 2.75) is 70.9 Å². The Morgan fingerprint density at radius 1 is 1.14 bits per heavy atom. The highest BCUT2D eigenvalue weighted by Gasteiger charge is 2.29. The Morgan fingerprint density at radius 2 is 1.91 bits per heavy atom. The van der Waals surface area contributed by atoms with E-state index in [0.29, 0.717) is 41.5 Å². The van der Waals surface area contributed by atoms with Gasteiger partial charge in [0.15, 0.2) is 0 Å². The summed E-state index contributed by atoms with van der Waals surface area (Å²) in [6.07, 6.45) is 8.29.